The fourth-order valence-corrected chi connectivity index (χ4v) is 10.2. The Kier molecular flexibility index (Phi) is 7.59. The molecule has 4 heterocycles. The van der Waals surface area contributed by atoms with Crippen molar-refractivity contribution >= 4 is 87.1 Å². The normalized spacial score (nSPS) is 12.0. The summed E-state index contributed by atoms with van der Waals surface area (Å²) in [5, 5.41) is 11.3. The zero-order valence-electron chi connectivity index (χ0n) is 34.9. The van der Waals surface area contributed by atoms with E-state index in [-0.39, 0.29) is 0 Å². The van der Waals surface area contributed by atoms with Gasteiger partial charge in [0.15, 0.2) is 17.5 Å². The van der Waals surface area contributed by atoms with Gasteiger partial charge in [0.1, 0.15) is 11.2 Å². The van der Waals surface area contributed by atoms with Gasteiger partial charge in [-0.2, -0.15) is 0 Å². The molecule has 4 aromatic heterocycles. The number of aromatic nitrogens is 5. The van der Waals surface area contributed by atoms with Gasteiger partial charge in [-0.15, -0.1) is 0 Å². The lowest BCUT2D eigenvalue weighted by Crippen LogP contribution is -2.02. The molecule has 0 saturated heterocycles. The van der Waals surface area contributed by atoms with Gasteiger partial charge >= 0.3 is 0 Å². The van der Waals surface area contributed by atoms with E-state index in [9.17, 15) is 0 Å². The third kappa shape index (κ3) is 5.44. The van der Waals surface area contributed by atoms with Gasteiger partial charge < -0.3 is 13.6 Å². The molecule has 0 saturated carbocycles. The fourth-order valence-electron chi connectivity index (χ4n) is 10.2. The Bertz CT molecular complexity index is 4250. The number of furan rings is 1. The highest BCUT2D eigenvalue weighted by Crippen LogP contribution is 2.43. The minimum absolute atomic E-state index is 0.555. The summed E-state index contributed by atoms with van der Waals surface area (Å²) in [6.07, 6.45) is 0. The predicted molar refractivity (Wildman–Crippen MR) is 267 cm³/mol. The quantitative estimate of drug-likeness (QED) is 0.173. The van der Waals surface area contributed by atoms with Crippen LogP contribution in [0.3, 0.4) is 0 Å². The molecule has 14 aromatic rings. The first-order valence-electron chi connectivity index (χ1n) is 21.9. The molecule has 6 heteroatoms. The van der Waals surface area contributed by atoms with Gasteiger partial charge in [0, 0.05) is 49.3 Å². The lowest BCUT2D eigenvalue weighted by molar-refractivity contribution is 0.669. The van der Waals surface area contributed by atoms with Crippen LogP contribution in [0, 0.1) is 0 Å². The van der Waals surface area contributed by atoms with E-state index in [4.69, 9.17) is 19.4 Å². The number of fused-ring (bicyclic) bond motifs is 11. The lowest BCUT2D eigenvalue weighted by atomic mass is 10.0. The Labute approximate surface area is 371 Å². The van der Waals surface area contributed by atoms with E-state index >= 15 is 0 Å². The summed E-state index contributed by atoms with van der Waals surface area (Å²) in [7, 11) is 0. The molecule has 0 aliphatic heterocycles. The van der Waals surface area contributed by atoms with Crippen molar-refractivity contribution in [2.24, 2.45) is 0 Å². The molecule has 0 amide bonds. The molecular formula is C59H35N5O. The van der Waals surface area contributed by atoms with Gasteiger partial charge in [0.05, 0.1) is 33.1 Å². The third-order valence-electron chi connectivity index (χ3n) is 13.1. The van der Waals surface area contributed by atoms with Crippen LogP contribution in [0.2, 0.25) is 0 Å². The maximum atomic E-state index is 6.78. The molecule has 302 valence electrons. The summed E-state index contributed by atoms with van der Waals surface area (Å²) >= 11 is 0. The van der Waals surface area contributed by atoms with Crippen molar-refractivity contribution in [3.63, 3.8) is 0 Å². The standard InChI is InChI=1S/C59H35N5O/c1-2-19-41(20-3-1)63-49-26-11-8-22-43(49)47-32-39(29-30-51(47)63)57-60-58(62-59(61-57)45-25-14-18-36-15-6-7-21-42(36)45)40-34-53(56-46-24-10-13-28-54(46)65-55(56)35-40)64-50-27-12-9-23-44(50)48-31-37-16-4-5-17-38(37)33-52(48)64/h1-35H. The summed E-state index contributed by atoms with van der Waals surface area (Å²) in [6.45, 7) is 0. The van der Waals surface area contributed by atoms with Gasteiger partial charge in [-0.25, -0.2) is 15.0 Å². The number of hydrogen-bond donors (Lipinski definition) is 0. The molecule has 0 aliphatic rings. The monoisotopic (exact) mass is 829 g/mol. The third-order valence-corrected chi connectivity index (χ3v) is 13.1. The molecule has 14 rings (SSSR count). The number of para-hydroxylation sites is 4. The minimum Gasteiger partial charge on any atom is -0.456 e. The Morgan fingerprint density at radius 2 is 0.908 bits per heavy atom. The second-order valence-electron chi connectivity index (χ2n) is 16.8. The molecular weight excluding hydrogens is 795 g/mol. The van der Waals surface area contributed by atoms with E-state index in [1.54, 1.807) is 0 Å². The van der Waals surface area contributed by atoms with Crippen molar-refractivity contribution in [2.45, 2.75) is 0 Å². The van der Waals surface area contributed by atoms with Crippen LogP contribution in [0.25, 0.3) is 133 Å². The van der Waals surface area contributed by atoms with Crippen molar-refractivity contribution in [3.8, 4) is 45.5 Å². The van der Waals surface area contributed by atoms with Gasteiger partial charge in [0.25, 0.3) is 0 Å². The molecule has 10 aromatic carbocycles. The van der Waals surface area contributed by atoms with E-state index in [2.05, 4.69) is 209 Å². The second-order valence-corrected chi connectivity index (χ2v) is 16.8. The van der Waals surface area contributed by atoms with Crippen molar-refractivity contribution in [1.82, 2.24) is 24.1 Å². The van der Waals surface area contributed by atoms with Crippen LogP contribution in [-0.2, 0) is 0 Å². The Morgan fingerprint density at radius 1 is 0.323 bits per heavy atom. The number of benzene rings is 10. The first kappa shape index (κ1) is 35.7. The van der Waals surface area contributed by atoms with Gasteiger partial charge in [0.2, 0.25) is 0 Å². The first-order chi connectivity index (χ1) is 32.2. The van der Waals surface area contributed by atoms with Crippen LogP contribution in [0.5, 0.6) is 0 Å². The smallest absolute Gasteiger partial charge is 0.164 e. The highest BCUT2D eigenvalue weighted by Gasteiger charge is 2.23. The van der Waals surface area contributed by atoms with Crippen LogP contribution >= 0.6 is 0 Å². The fraction of sp³-hybridized carbons (Fsp3) is 0. The SMILES string of the molecule is c1ccc(-n2c3ccccc3c3cc(-c4nc(-c5cc(-n6c7ccccc7c7cc8ccccc8cc76)c6c(c5)oc5ccccc56)nc(-c5cccc6ccccc56)n4)ccc32)cc1. The molecule has 0 N–H and O–H groups in total. The Balaban J connectivity index is 1.06. The molecule has 0 spiro atoms. The summed E-state index contributed by atoms with van der Waals surface area (Å²) < 4.78 is 11.5. The highest BCUT2D eigenvalue weighted by atomic mass is 16.3. The molecule has 65 heavy (non-hydrogen) atoms. The van der Waals surface area contributed by atoms with Crippen LogP contribution in [0.1, 0.15) is 0 Å². The maximum absolute atomic E-state index is 6.78. The van der Waals surface area contributed by atoms with Crippen LogP contribution < -0.4 is 0 Å². The minimum atomic E-state index is 0.555. The average molecular weight is 830 g/mol. The van der Waals surface area contributed by atoms with Crippen molar-refractivity contribution in [3.05, 3.63) is 212 Å². The Hall–Kier alpha value is -8.87. The van der Waals surface area contributed by atoms with Crippen LogP contribution in [0.15, 0.2) is 217 Å². The van der Waals surface area contributed by atoms with Gasteiger partial charge in [-0.3, -0.25) is 0 Å². The van der Waals surface area contributed by atoms with Crippen molar-refractivity contribution < 1.29 is 4.42 Å². The molecule has 0 radical (unpaired) electrons. The van der Waals surface area contributed by atoms with Crippen molar-refractivity contribution in [1.29, 1.82) is 0 Å². The largest absolute Gasteiger partial charge is 0.456 e. The van der Waals surface area contributed by atoms with E-state index in [0.717, 1.165) is 93.6 Å². The van der Waals surface area contributed by atoms with Crippen LogP contribution in [-0.4, -0.2) is 24.1 Å². The van der Waals surface area contributed by atoms with E-state index < -0.39 is 0 Å². The molecule has 6 nitrogen and oxygen atoms in total. The molecule has 0 fully saturated rings. The zero-order valence-corrected chi connectivity index (χ0v) is 34.9. The molecule has 0 aliphatic carbocycles. The van der Waals surface area contributed by atoms with Gasteiger partial charge in [-0.05, 0) is 94.3 Å². The zero-order chi connectivity index (χ0) is 42.6. The lowest BCUT2D eigenvalue weighted by Gasteiger charge is -2.14. The molecule has 0 bridgehead atoms. The first-order valence-corrected chi connectivity index (χ1v) is 21.9. The Morgan fingerprint density at radius 3 is 1.71 bits per heavy atom. The number of rotatable bonds is 5. The van der Waals surface area contributed by atoms with Gasteiger partial charge in [-0.1, -0.05) is 140 Å². The summed E-state index contributed by atoms with van der Waals surface area (Å²) in [5.41, 5.74) is 10.8. The molecule has 0 unspecified atom stereocenters. The van der Waals surface area contributed by atoms with Crippen LogP contribution in [0.4, 0.5) is 0 Å². The number of nitrogens with zero attached hydrogens (tertiary/aromatic N) is 5. The second kappa shape index (κ2) is 13.8. The predicted octanol–water partition coefficient (Wildman–Crippen LogP) is 15.3. The maximum Gasteiger partial charge on any atom is 0.164 e. The summed E-state index contributed by atoms with van der Waals surface area (Å²) in [5.74, 6) is 1.74. The average Bonchev–Trinajstić information content (AvgIpc) is 4.02. The topological polar surface area (TPSA) is 61.7 Å². The van der Waals surface area contributed by atoms with E-state index in [0.29, 0.717) is 17.5 Å². The molecule has 0 atom stereocenters. The van der Waals surface area contributed by atoms with E-state index in [1.807, 2.05) is 12.1 Å². The highest BCUT2D eigenvalue weighted by molar-refractivity contribution is 6.17. The van der Waals surface area contributed by atoms with E-state index in [1.165, 1.54) is 21.5 Å². The number of hydrogen-bond acceptors (Lipinski definition) is 4. The summed E-state index contributed by atoms with van der Waals surface area (Å²) in [4.78, 5) is 16.1. The summed E-state index contributed by atoms with van der Waals surface area (Å²) in [6, 6.07) is 75.0. The van der Waals surface area contributed by atoms with Crippen molar-refractivity contribution in [2.75, 3.05) is 0 Å².